The third kappa shape index (κ3) is 3.05. The first-order valence-corrected chi connectivity index (χ1v) is 4.39. The van der Waals surface area contributed by atoms with Gasteiger partial charge in [0.05, 0.1) is 4.92 Å². The molecular weight excluding hydrogens is 196 g/mol. The summed E-state index contributed by atoms with van der Waals surface area (Å²) in [7, 11) is 0. The molecule has 0 aliphatic rings. The van der Waals surface area contributed by atoms with E-state index in [0.29, 0.717) is 0 Å². The normalized spacial score (nSPS) is 9.73. The van der Waals surface area contributed by atoms with Crippen molar-refractivity contribution >= 4 is 5.69 Å². The minimum Gasteiger partial charge on any atom is -0.468 e. The molecular formula is C10H12N2O3. The Hall–Kier alpha value is -1.91. The lowest BCUT2D eigenvalue weighted by Gasteiger charge is -2.05. The second kappa shape index (κ2) is 4.54. The molecule has 0 N–H and O–H groups in total. The summed E-state index contributed by atoms with van der Waals surface area (Å²) in [5.74, 6) is 0.0357. The second-order valence-electron chi connectivity index (χ2n) is 3.34. The van der Waals surface area contributed by atoms with Gasteiger partial charge in [-0.1, -0.05) is 6.58 Å². The largest absolute Gasteiger partial charge is 0.468 e. The second-order valence-corrected chi connectivity index (χ2v) is 3.34. The van der Waals surface area contributed by atoms with Crippen LogP contribution in [0.4, 0.5) is 5.69 Å². The first-order chi connectivity index (χ1) is 7.00. The number of aromatic nitrogens is 1. The van der Waals surface area contributed by atoms with Crippen LogP contribution in [0.1, 0.15) is 12.5 Å². The summed E-state index contributed by atoms with van der Waals surface area (Å²) in [5, 5.41) is 10.7. The Bertz CT molecular complexity index is 402. The Labute approximate surface area is 87.6 Å². The molecule has 0 spiro atoms. The summed E-state index contributed by atoms with van der Waals surface area (Å²) in [6, 6.07) is 1.43. The van der Waals surface area contributed by atoms with E-state index < -0.39 is 4.92 Å². The van der Waals surface area contributed by atoms with Crippen molar-refractivity contribution in [1.29, 1.82) is 0 Å². The fraction of sp³-hybridized carbons (Fsp3) is 0.300. The zero-order chi connectivity index (χ0) is 11.4. The van der Waals surface area contributed by atoms with Gasteiger partial charge < -0.3 is 4.74 Å². The standard InChI is InChI=1S/C10H12N2O3/c1-7(2)6-15-10-9(12(13)14)4-8(3)5-11-10/h4-5H,1,6H2,2-3H3. The van der Waals surface area contributed by atoms with Gasteiger partial charge in [0, 0.05) is 12.3 Å². The Kier molecular flexibility index (Phi) is 3.38. The Morgan fingerprint density at radius 2 is 2.40 bits per heavy atom. The van der Waals surface area contributed by atoms with Crippen LogP contribution in [0.15, 0.2) is 24.4 Å². The summed E-state index contributed by atoms with van der Waals surface area (Å²) < 4.78 is 5.16. The van der Waals surface area contributed by atoms with Gasteiger partial charge >= 0.3 is 5.69 Å². The number of pyridine rings is 1. The zero-order valence-electron chi connectivity index (χ0n) is 8.69. The van der Waals surface area contributed by atoms with Gasteiger partial charge in [0.2, 0.25) is 0 Å². The first-order valence-electron chi connectivity index (χ1n) is 4.39. The highest BCUT2D eigenvalue weighted by atomic mass is 16.6. The molecule has 1 rings (SSSR count). The average molecular weight is 208 g/mol. The third-order valence-corrected chi connectivity index (χ3v) is 1.62. The highest BCUT2D eigenvalue weighted by molar-refractivity contribution is 5.42. The summed E-state index contributed by atoms with van der Waals surface area (Å²) in [5.41, 5.74) is 1.40. The van der Waals surface area contributed by atoms with Crippen molar-refractivity contribution < 1.29 is 9.66 Å². The van der Waals surface area contributed by atoms with E-state index in [1.54, 1.807) is 13.8 Å². The number of rotatable bonds is 4. The van der Waals surface area contributed by atoms with Crippen molar-refractivity contribution in [2.24, 2.45) is 0 Å². The van der Waals surface area contributed by atoms with Crippen molar-refractivity contribution in [3.63, 3.8) is 0 Å². The molecule has 5 nitrogen and oxygen atoms in total. The van der Waals surface area contributed by atoms with E-state index in [-0.39, 0.29) is 18.2 Å². The molecule has 0 aliphatic carbocycles. The third-order valence-electron chi connectivity index (χ3n) is 1.62. The minimum atomic E-state index is -0.506. The number of nitrogens with zero attached hydrogens (tertiary/aromatic N) is 2. The lowest BCUT2D eigenvalue weighted by atomic mass is 10.3. The molecule has 0 unspecified atom stereocenters. The van der Waals surface area contributed by atoms with Crippen LogP contribution in [0, 0.1) is 17.0 Å². The van der Waals surface area contributed by atoms with Gasteiger partial charge in [-0.05, 0) is 25.0 Å². The van der Waals surface area contributed by atoms with E-state index in [1.165, 1.54) is 12.3 Å². The molecule has 0 amide bonds. The molecule has 0 atom stereocenters. The van der Waals surface area contributed by atoms with E-state index in [0.717, 1.165) is 11.1 Å². The predicted molar refractivity (Wildman–Crippen MR) is 55.9 cm³/mol. The summed E-state index contributed by atoms with van der Waals surface area (Å²) >= 11 is 0. The molecule has 0 saturated carbocycles. The van der Waals surface area contributed by atoms with Crippen LogP contribution in [0.3, 0.4) is 0 Å². The number of ether oxygens (including phenoxy) is 1. The van der Waals surface area contributed by atoms with E-state index in [9.17, 15) is 10.1 Å². The van der Waals surface area contributed by atoms with Crippen LogP contribution in [0.2, 0.25) is 0 Å². The topological polar surface area (TPSA) is 65.3 Å². The maximum atomic E-state index is 10.7. The van der Waals surface area contributed by atoms with Gasteiger partial charge in [-0.15, -0.1) is 0 Å². The predicted octanol–water partition coefficient (Wildman–Crippen LogP) is 2.25. The monoisotopic (exact) mass is 208 g/mol. The van der Waals surface area contributed by atoms with Crippen molar-refractivity contribution in [2.45, 2.75) is 13.8 Å². The SMILES string of the molecule is C=C(C)COc1ncc(C)cc1[N+](=O)[O-]. The van der Waals surface area contributed by atoms with Crippen molar-refractivity contribution in [3.05, 3.63) is 40.1 Å². The molecule has 0 aliphatic heterocycles. The zero-order valence-corrected chi connectivity index (χ0v) is 8.69. The molecule has 0 bridgehead atoms. The van der Waals surface area contributed by atoms with Crippen LogP contribution >= 0.6 is 0 Å². The fourth-order valence-corrected chi connectivity index (χ4v) is 0.975. The highest BCUT2D eigenvalue weighted by Crippen LogP contribution is 2.24. The van der Waals surface area contributed by atoms with Crippen LogP contribution in [-0.4, -0.2) is 16.5 Å². The lowest BCUT2D eigenvalue weighted by Crippen LogP contribution is -2.03. The van der Waals surface area contributed by atoms with E-state index in [4.69, 9.17) is 4.74 Å². The maximum absolute atomic E-state index is 10.7. The van der Waals surface area contributed by atoms with Crippen LogP contribution in [0.5, 0.6) is 5.88 Å². The number of nitro groups is 1. The molecule has 1 heterocycles. The van der Waals surface area contributed by atoms with E-state index in [2.05, 4.69) is 11.6 Å². The van der Waals surface area contributed by atoms with Crippen LogP contribution < -0.4 is 4.74 Å². The molecule has 80 valence electrons. The van der Waals surface area contributed by atoms with Gasteiger partial charge in [0.15, 0.2) is 0 Å². The lowest BCUT2D eigenvalue weighted by molar-refractivity contribution is -0.386. The minimum absolute atomic E-state index is 0.0357. The molecule has 1 aromatic heterocycles. The molecule has 15 heavy (non-hydrogen) atoms. The van der Waals surface area contributed by atoms with Gasteiger partial charge in [0.1, 0.15) is 6.61 Å². The molecule has 0 saturated heterocycles. The molecule has 5 heteroatoms. The highest BCUT2D eigenvalue weighted by Gasteiger charge is 2.16. The van der Waals surface area contributed by atoms with Crippen molar-refractivity contribution in [1.82, 2.24) is 4.98 Å². The molecule has 0 fully saturated rings. The Balaban J connectivity index is 2.95. The van der Waals surface area contributed by atoms with Gasteiger partial charge in [-0.3, -0.25) is 10.1 Å². The van der Waals surface area contributed by atoms with E-state index in [1.807, 2.05) is 0 Å². The van der Waals surface area contributed by atoms with Crippen LogP contribution in [-0.2, 0) is 0 Å². The number of hydrogen-bond acceptors (Lipinski definition) is 4. The quantitative estimate of drug-likeness (QED) is 0.432. The summed E-state index contributed by atoms with van der Waals surface area (Å²) in [6.07, 6.45) is 1.53. The number of hydrogen-bond donors (Lipinski definition) is 0. The van der Waals surface area contributed by atoms with Crippen molar-refractivity contribution in [2.75, 3.05) is 6.61 Å². The van der Waals surface area contributed by atoms with Gasteiger partial charge in [-0.2, -0.15) is 0 Å². The average Bonchev–Trinajstić information content (AvgIpc) is 2.15. The fourth-order valence-electron chi connectivity index (χ4n) is 0.975. The van der Waals surface area contributed by atoms with Gasteiger partial charge in [-0.25, -0.2) is 4.98 Å². The summed E-state index contributed by atoms with van der Waals surface area (Å²) in [6.45, 7) is 7.39. The smallest absolute Gasteiger partial charge is 0.331 e. The summed E-state index contributed by atoms with van der Waals surface area (Å²) in [4.78, 5) is 14.0. The van der Waals surface area contributed by atoms with Crippen LogP contribution in [0.25, 0.3) is 0 Å². The molecule has 0 radical (unpaired) electrons. The Morgan fingerprint density at radius 3 is 2.93 bits per heavy atom. The molecule has 1 aromatic rings. The maximum Gasteiger partial charge on any atom is 0.331 e. The number of aryl methyl sites for hydroxylation is 1. The first kappa shape index (κ1) is 11.2. The van der Waals surface area contributed by atoms with E-state index >= 15 is 0 Å². The Morgan fingerprint density at radius 1 is 1.73 bits per heavy atom. The molecule has 0 aromatic carbocycles. The van der Waals surface area contributed by atoms with Gasteiger partial charge in [0.25, 0.3) is 5.88 Å². The van der Waals surface area contributed by atoms with Crippen molar-refractivity contribution in [3.8, 4) is 5.88 Å².